The fourth-order valence-electron chi connectivity index (χ4n) is 1.60. The van der Waals surface area contributed by atoms with E-state index in [0.29, 0.717) is 6.54 Å². The van der Waals surface area contributed by atoms with Crippen LogP contribution in [0.2, 0.25) is 0 Å². The van der Waals surface area contributed by atoms with Gasteiger partial charge in [0.1, 0.15) is 12.4 Å². The van der Waals surface area contributed by atoms with Crippen molar-refractivity contribution in [3.63, 3.8) is 0 Å². The molecule has 0 aliphatic heterocycles. The Bertz CT molecular complexity index is 462. The van der Waals surface area contributed by atoms with Gasteiger partial charge >= 0.3 is 0 Å². The van der Waals surface area contributed by atoms with Crippen molar-refractivity contribution in [3.05, 3.63) is 23.5 Å². The molecule has 1 aromatic heterocycles. The first-order valence-corrected chi connectivity index (χ1v) is 7.58. The number of hydrogen-bond donors (Lipinski definition) is 2. The lowest BCUT2D eigenvalue weighted by molar-refractivity contribution is -0.0270. The second-order valence-electron chi connectivity index (χ2n) is 7.30. The molecule has 4 nitrogen and oxygen atoms in total. The van der Waals surface area contributed by atoms with E-state index in [1.807, 2.05) is 32.9 Å². The zero-order chi connectivity index (χ0) is 16.3. The molecule has 2 N–H and O–H groups in total. The van der Waals surface area contributed by atoms with Crippen LogP contribution in [-0.2, 0) is 6.54 Å². The van der Waals surface area contributed by atoms with E-state index in [9.17, 15) is 5.11 Å². The molecule has 21 heavy (non-hydrogen) atoms. The molecule has 4 heteroatoms. The van der Waals surface area contributed by atoms with E-state index >= 15 is 0 Å². The Morgan fingerprint density at radius 1 is 1.24 bits per heavy atom. The third-order valence-corrected chi connectivity index (χ3v) is 3.62. The summed E-state index contributed by atoms with van der Waals surface area (Å²) in [7, 11) is 0. The molecule has 0 aliphatic carbocycles. The molecule has 0 aliphatic rings. The molecule has 0 spiro atoms. The minimum atomic E-state index is -0.848. The summed E-state index contributed by atoms with van der Waals surface area (Å²) in [4.78, 5) is 4.55. The predicted molar refractivity (Wildman–Crippen MR) is 86.5 cm³/mol. The third kappa shape index (κ3) is 6.02. The van der Waals surface area contributed by atoms with Crippen LogP contribution in [0.3, 0.4) is 0 Å². The van der Waals surface area contributed by atoms with Gasteiger partial charge in [-0.3, -0.25) is 4.98 Å². The lowest BCUT2D eigenvalue weighted by Crippen LogP contribution is -2.38. The van der Waals surface area contributed by atoms with Crippen LogP contribution in [0, 0.1) is 12.8 Å². The van der Waals surface area contributed by atoms with Gasteiger partial charge in [0.2, 0.25) is 0 Å². The first-order chi connectivity index (χ1) is 9.51. The van der Waals surface area contributed by atoms with Gasteiger partial charge in [0, 0.05) is 17.8 Å². The molecule has 1 unspecified atom stereocenters. The molecule has 0 radical (unpaired) electrons. The molecule has 1 atom stereocenters. The Hall–Kier alpha value is -1.13. The van der Waals surface area contributed by atoms with Crippen molar-refractivity contribution < 1.29 is 9.84 Å². The van der Waals surface area contributed by atoms with Gasteiger partial charge < -0.3 is 15.2 Å². The van der Waals surface area contributed by atoms with Crippen LogP contribution in [0.5, 0.6) is 5.75 Å². The van der Waals surface area contributed by atoms with E-state index in [1.54, 1.807) is 6.92 Å². The lowest BCUT2D eigenvalue weighted by atomic mass is 9.94. The second kappa shape index (κ2) is 6.75. The molecule has 1 heterocycles. The standard InChI is InChI=1S/C17H30N2O2/c1-12(2)17(7,20)11-21-15-9-8-13(3)19-14(15)10-18-16(4,5)6/h8-9,12,18,20H,10-11H2,1-7H3. The normalized spacial score (nSPS) is 15.1. The number of hydrogen-bond acceptors (Lipinski definition) is 4. The largest absolute Gasteiger partial charge is 0.489 e. The maximum absolute atomic E-state index is 10.3. The summed E-state index contributed by atoms with van der Waals surface area (Å²) in [6.07, 6.45) is 0. The van der Waals surface area contributed by atoms with Gasteiger partial charge in [0.05, 0.1) is 11.3 Å². The number of aryl methyl sites for hydroxylation is 1. The lowest BCUT2D eigenvalue weighted by Gasteiger charge is -2.28. The Labute approximate surface area is 128 Å². The topological polar surface area (TPSA) is 54.4 Å². The molecular formula is C17H30N2O2. The van der Waals surface area contributed by atoms with Crippen molar-refractivity contribution >= 4 is 0 Å². The number of nitrogens with one attached hydrogen (secondary N) is 1. The SMILES string of the molecule is Cc1ccc(OCC(C)(O)C(C)C)c(CNC(C)(C)C)n1. The summed E-state index contributed by atoms with van der Waals surface area (Å²) >= 11 is 0. The van der Waals surface area contributed by atoms with E-state index in [-0.39, 0.29) is 18.1 Å². The average Bonchev–Trinajstić information content (AvgIpc) is 2.34. The summed E-state index contributed by atoms with van der Waals surface area (Å²) in [5.41, 5.74) is 1.01. The first kappa shape index (κ1) is 17.9. The summed E-state index contributed by atoms with van der Waals surface area (Å²) in [6.45, 7) is 15.0. The van der Waals surface area contributed by atoms with Crippen molar-refractivity contribution in [2.24, 2.45) is 5.92 Å². The quantitative estimate of drug-likeness (QED) is 0.846. The van der Waals surface area contributed by atoms with Gasteiger partial charge in [0.25, 0.3) is 0 Å². The van der Waals surface area contributed by atoms with Crippen molar-refractivity contribution in [3.8, 4) is 5.75 Å². The van der Waals surface area contributed by atoms with E-state index in [1.165, 1.54) is 0 Å². The summed E-state index contributed by atoms with van der Waals surface area (Å²) in [6, 6.07) is 3.86. The van der Waals surface area contributed by atoms with E-state index in [2.05, 4.69) is 31.1 Å². The van der Waals surface area contributed by atoms with Gasteiger partial charge in [0.15, 0.2) is 0 Å². The molecule has 0 bridgehead atoms. The monoisotopic (exact) mass is 294 g/mol. The van der Waals surface area contributed by atoms with E-state index in [4.69, 9.17) is 4.74 Å². The molecule has 0 amide bonds. The first-order valence-electron chi connectivity index (χ1n) is 7.58. The minimum Gasteiger partial charge on any atom is -0.489 e. The molecule has 0 aromatic carbocycles. The minimum absolute atomic E-state index is 0.0200. The highest BCUT2D eigenvalue weighted by molar-refractivity contribution is 5.29. The zero-order valence-corrected chi connectivity index (χ0v) is 14.4. The Balaban J connectivity index is 2.82. The third-order valence-electron chi connectivity index (χ3n) is 3.62. The smallest absolute Gasteiger partial charge is 0.142 e. The fourth-order valence-corrected chi connectivity index (χ4v) is 1.60. The Morgan fingerprint density at radius 2 is 1.86 bits per heavy atom. The summed E-state index contributed by atoms with van der Waals surface area (Å²) in [5.74, 6) is 0.866. The van der Waals surface area contributed by atoms with Gasteiger partial charge in [-0.2, -0.15) is 0 Å². The number of ether oxygens (including phenoxy) is 1. The van der Waals surface area contributed by atoms with Crippen LogP contribution >= 0.6 is 0 Å². The summed E-state index contributed by atoms with van der Waals surface area (Å²) in [5, 5.41) is 13.7. The highest BCUT2D eigenvalue weighted by Crippen LogP contribution is 2.22. The molecular weight excluding hydrogens is 264 g/mol. The number of rotatable bonds is 6. The van der Waals surface area contributed by atoms with Crippen LogP contribution in [0.1, 0.15) is 52.9 Å². The number of pyridine rings is 1. The maximum Gasteiger partial charge on any atom is 0.142 e. The van der Waals surface area contributed by atoms with Crippen LogP contribution in [-0.4, -0.2) is 27.8 Å². The fraction of sp³-hybridized carbons (Fsp3) is 0.706. The number of nitrogens with zero attached hydrogens (tertiary/aromatic N) is 1. The van der Waals surface area contributed by atoms with Gasteiger partial charge in [-0.1, -0.05) is 13.8 Å². The highest BCUT2D eigenvalue weighted by atomic mass is 16.5. The molecule has 0 fully saturated rings. The Kier molecular flexibility index (Phi) is 5.76. The average molecular weight is 294 g/mol. The van der Waals surface area contributed by atoms with Crippen molar-refractivity contribution in [1.29, 1.82) is 0 Å². The number of aromatic nitrogens is 1. The molecule has 0 saturated carbocycles. The maximum atomic E-state index is 10.3. The molecule has 120 valence electrons. The van der Waals surface area contributed by atoms with E-state index in [0.717, 1.165) is 17.1 Å². The molecule has 1 rings (SSSR count). The summed E-state index contributed by atoms with van der Waals surface area (Å²) < 4.78 is 5.83. The molecule has 1 aromatic rings. The van der Waals surface area contributed by atoms with Crippen molar-refractivity contribution in [1.82, 2.24) is 10.3 Å². The van der Waals surface area contributed by atoms with Gasteiger partial charge in [-0.05, 0) is 52.7 Å². The van der Waals surface area contributed by atoms with Crippen LogP contribution in [0.15, 0.2) is 12.1 Å². The van der Waals surface area contributed by atoms with Gasteiger partial charge in [-0.15, -0.1) is 0 Å². The number of aliphatic hydroxyl groups is 1. The van der Waals surface area contributed by atoms with Crippen LogP contribution in [0.4, 0.5) is 0 Å². The van der Waals surface area contributed by atoms with Crippen molar-refractivity contribution in [2.75, 3.05) is 6.61 Å². The predicted octanol–water partition coefficient (Wildman–Crippen LogP) is 3.06. The highest BCUT2D eigenvalue weighted by Gasteiger charge is 2.26. The molecule has 0 saturated heterocycles. The second-order valence-corrected chi connectivity index (χ2v) is 7.30. The van der Waals surface area contributed by atoms with Crippen molar-refractivity contribution in [2.45, 2.75) is 66.2 Å². The Morgan fingerprint density at radius 3 is 2.38 bits per heavy atom. The van der Waals surface area contributed by atoms with Crippen LogP contribution in [0.25, 0.3) is 0 Å². The van der Waals surface area contributed by atoms with Crippen LogP contribution < -0.4 is 10.1 Å². The van der Waals surface area contributed by atoms with E-state index < -0.39 is 5.60 Å². The zero-order valence-electron chi connectivity index (χ0n) is 14.4. The van der Waals surface area contributed by atoms with Gasteiger partial charge in [-0.25, -0.2) is 0 Å².